The molecule has 0 radical (unpaired) electrons. The number of benzene rings is 2. The van der Waals surface area contributed by atoms with Crippen LogP contribution in [0, 0.1) is 0 Å². The molecule has 8 nitrogen and oxygen atoms in total. The lowest BCUT2D eigenvalue weighted by atomic mass is 10.1. The molecule has 0 aromatic heterocycles. The van der Waals surface area contributed by atoms with Crippen LogP contribution in [0.1, 0.15) is 52.5 Å². The molecule has 0 bridgehead atoms. The Labute approximate surface area is 202 Å². The molecule has 0 aliphatic carbocycles. The maximum absolute atomic E-state index is 12.9. The molecule has 2 aromatic carbocycles. The largest absolute Gasteiger partial charge is 0.348 e. The van der Waals surface area contributed by atoms with Gasteiger partial charge in [0.15, 0.2) is 0 Å². The summed E-state index contributed by atoms with van der Waals surface area (Å²) >= 11 is 1.34. The van der Waals surface area contributed by atoms with Gasteiger partial charge in [0.25, 0.3) is 17.7 Å². The Kier molecular flexibility index (Phi) is 7.21. The summed E-state index contributed by atoms with van der Waals surface area (Å²) in [6.07, 6.45) is 3.28. The van der Waals surface area contributed by atoms with Crippen LogP contribution in [0.25, 0.3) is 0 Å². The standard InChI is InChI=1S/C25H28N4O4S/c1-25(23(32)27-24(33)28-25)16-34-20-8-4-3-7-19(20)21(30)26-15-17-9-11-18(12-10-17)22(31)29-13-5-2-6-14-29/h3-4,7-12H,2,5-6,13-16H2,1H3,(H,26,30)(H2,27,28,32,33). The van der Waals surface area contributed by atoms with Gasteiger partial charge in [-0.25, -0.2) is 4.79 Å². The smallest absolute Gasteiger partial charge is 0.322 e. The van der Waals surface area contributed by atoms with E-state index in [1.54, 1.807) is 19.1 Å². The molecule has 34 heavy (non-hydrogen) atoms. The molecule has 1 unspecified atom stereocenters. The first kappa shape index (κ1) is 23.8. The first-order valence-electron chi connectivity index (χ1n) is 11.4. The van der Waals surface area contributed by atoms with Crippen LogP contribution in [-0.4, -0.2) is 53.0 Å². The number of likely N-dealkylation sites (tertiary alicyclic amines) is 1. The Balaban J connectivity index is 1.35. The fourth-order valence-electron chi connectivity index (χ4n) is 4.01. The van der Waals surface area contributed by atoms with E-state index in [0.29, 0.717) is 23.4 Å². The number of carbonyl (C=O) groups excluding carboxylic acids is 4. The van der Waals surface area contributed by atoms with Crippen LogP contribution >= 0.6 is 11.8 Å². The summed E-state index contributed by atoms with van der Waals surface area (Å²) in [5, 5.41) is 7.80. The number of rotatable bonds is 7. The number of urea groups is 1. The van der Waals surface area contributed by atoms with E-state index < -0.39 is 11.6 Å². The van der Waals surface area contributed by atoms with Crippen LogP contribution in [-0.2, 0) is 11.3 Å². The van der Waals surface area contributed by atoms with Gasteiger partial charge in [0.1, 0.15) is 5.54 Å². The lowest BCUT2D eigenvalue weighted by molar-refractivity contribution is -0.122. The minimum atomic E-state index is -1.03. The van der Waals surface area contributed by atoms with E-state index in [1.807, 2.05) is 41.3 Å². The quantitative estimate of drug-likeness (QED) is 0.417. The summed E-state index contributed by atoms with van der Waals surface area (Å²) in [4.78, 5) is 51.6. The molecule has 5 amide bonds. The van der Waals surface area contributed by atoms with Crippen molar-refractivity contribution in [2.75, 3.05) is 18.8 Å². The van der Waals surface area contributed by atoms with Crippen molar-refractivity contribution in [3.63, 3.8) is 0 Å². The Morgan fingerprint density at radius 2 is 1.74 bits per heavy atom. The Morgan fingerprint density at radius 3 is 2.41 bits per heavy atom. The van der Waals surface area contributed by atoms with E-state index >= 15 is 0 Å². The highest BCUT2D eigenvalue weighted by atomic mass is 32.2. The molecule has 178 valence electrons. The van der Waals surface area contributed by atoms with Crippen molar-refractivity contribution in [3.05, 3.63) is 65.2 Å². The maximum Gasteiger partial charge on any atom is 0.322 e. The average molecular weight is 481 g/mol. The topological polar surface area (TPSA) is 108 Å². The fraction of sp³-hybridized carbons (Fsp3) is 0.360. The fourth-order valence-corrected chi connectivity index (χ4v) is 5.14. The van der Waals surface area contributed by atoms with Crippen molar-refractivity contribution in [3.8, 4) is 0 Å². The van der Waals surface area contributed by atoms with E-state index in [-0.39, 0.29) is 17.7 Å². The zero-order valence-corrected chi connectivity index (χ0v) is 19.9. The molecule has 9 heteroatoms. The van der Waals surface area contributed by atoms with Crippen LogP contribution in [0.15, 0.2) is 53.4 Å². The summed E-state index contributed by atoms with van der Waals surface area (Å²) < 4.78 is 0. The summed E-state index contributed by atoms with van der Waals surface area (Å²) in [6.45, 7) is 3.60. The Morgan fingerprint density at radius 1 is 1.03 bits per heavy atom. The number of nitrogens with one attached hydrogen (secondary N) is 3. The lowest BCUT2D eigenvalue weighted by Gasteiger charge is -2.26. The van der Waals surface area contributed by atoms with Gasteiger partial charge in [0.05, 0.1) is 5.56 Å². The zero-order valence-electron chi connectivity index (χ0n) is 19.1. The second kappa shape index (κ2) is 10.3. The number of carbonyl (C=O) groups is 4. The number of nitrogens with zero attached hydrogens (tertiary/aromatic N) is 1. The maximum atomic E-state index is 12.9. The number of amides is 5. The molecule has 2 aromatic rings. The van der Waals surface area contributed by atoms with Gasteiger partial charge in [-0.05, 0) is 56.0 Å². The highest BCUT2D eigenvalue weighted by Gasteiger charge is 2.41. The van der Waals surface area contributed by atoms with E-state index in [2.05, 4.69) is 16.0 Å². The number of thioether (sulfide) groups is 1. The van der Waals surface area contributed by atoms with Gasteiger partial charge < -0.3 is 15.5 Å². The zero-order chi connectivity index (χ0) is 24.1. The monoisotopic (exact) mass is 480 g/mol. The van der Waals surface area contributed by atoms with Gasteiger partial charge in [-0.3, -0.25) is 19.7 Å². The molecular formula is C25H28N4O4S. The van der Waals surface area contributed by atoms with Crippen molar-refractivity contribution >= 4 is 35.5 Å². The van der Waals surface area contributed by atoms with Crippen LogP contribution in [0.4, 0.5) is 4.79 Å². The normalized spacial score (nSPS) is 20.0. The highest BCUT2D eigenvalue weighted by molar-refractivity contribution is 7.99. The summed E-state index contributed by atoms with van der Waals surface area (Å²) in [5.74, 6) is -0.265. The number of piperidine rings is 1. The SMILES string of the molecule is CC1(CSc2ccccc2C(=O)NCc2ccc(C(=O)N3CCCCC3)cc2)NC(=O)NC1=O. The van der Waals surface area contributed by atoms with E-state index in [0.717, 1.165) is 36.4 Å². The van der Waals surface area contributed by atoms with E-state index in [4.69, 9.17) is 0 Å². The Bertz CT molecular complexity index is 1100. The van der Waals surface area contributed by atoms with Crippen molar-refractivity contribution in [2.24, 2.45) is 0 Å². The second-order valence-electron chi connectivity index (χ2n) is 8.76. The second-order valence-corrected chi connectivity index (χ2v) is 9.77. The lowest BCUT2D eigenvalue weighted by Crippen LogP contribution is -2.46. The van der Waals surface area contributed by atoms with Crippen LogP contribution in [0.5, 0.6) is 0 Å². The van der Waals surface area contributed by atoms with Crippen molar-refractivity contribution in [1.29, 1.82) is 0 Å². The number of hydrogen-bond donors (Lipinski definition) is 3. The number of hydrogen-bond acceptors (Lipinski definition) is 5. The minimum absolute atomic E-state index is 0.0575. The summed E-state index contributed by atoms with van der Waals surface area (Å²) in [7, 11) is 0. The molecule has 0 spiro atoms. The van der Waals surface area contributed by atoms with Crippen molar-refractivity contribution in [1.82, 2.24) is 20.9 Å². The van der Waals surface area contributed by atoms with Gasteiger partial charge in [-0.15, -0.1) is 11.8 Å². The summed E-state index contributed by atoms with van der Waals surface area (Å²) in [5.41, 5.74) is 1.03. The molecule has 2 fully saturated rings. The summed E-state index contributed by atoms with van der Waals surface area (Å²) in [6, 6.07) is 14.0. The molecule has 2 aliphatic rings. The Hall–Kier alpha value is -3.33. The third kappa shape index (κ3) is 5.41. The molecule has 3 N–H and O–H groups in total. The van der Waals surface area contributed by atoms with Crippen LogP contribution in [0.2, 0.25) is 0 Å². The van der Waals surface area contributed by atoms with E-state index in [1.165, 1.54) is 18.2 Å². The molecule has 1 atom stereocenters. The van der Waals surface area contributed by atoms with Gasteiger partial charge in [-0.2, -0.15) is 0 Å². The molecule has 4 rings (SSSR count). The molecular weight excluding hydrogens is 452 g/mol. The van der Waals surface area contributed by atoms with Gasteiger partial charge in [0.2, 0.25) is 0 Å². The highest BCUT2D eigenvalue weighted by Crippen LogP contribution is 2.27. The van der Waals surface area contributed by atoms with Crippen molar-refractivity contribution in [2.45, 2.75) is 43.2 Å². The number of imide groups is 1. The van der Waals surface area contributed by atoms with Gasteiger partial charge in [0, 0.05) is 35.8 Å². The predicted molar refractivity (Wildman–Crippen MR) is 130 cm³/mol. The predicted octanol–water partition coefficient (Wildman–Crippen LogP) is 2.93. The first-order chi connectivity index (χ1) is 16.4. The minimum Gasteiger partial charge on any atom is -0.348 e. The van der Waals surface area contributed by atoms with Gasteiger partial charge in [-0.1, -0.05) is 24.3 Å². The molecule has 2 heterocycles. The average Bonchev–Trinajstić information content (AvgIpc) is 3.12. The third-order valence-corrected chi connectivity index (χ3v) is 7.45. The van der Waals surface area contributed by atoms with Gasteiger partial charge >= 0.3 is 6.03 Å². The molecule has 2 saturated heterocycles. The van der Waals surface area contributed by atoms with E-state index in [9.17, 15) is 19.2 Å². The molecule has 2 aliphatic heterocycles. The van der Waals surface area contributed by atoms with Crippen LogP contribution < -0.4 is 16.0 Å². The first-order valence-corrected chi connectivity index (χ1v) is 12.4. The van der Waals surface area contributed by atoms with Crippen molar-refractivity contribution < 1.29 is 19.2 Å². The molecule has 0 saturated carbocycles. The third-order valence-electron chi connectivity index (χ3n) is 6.06. The van der Waals surface area contributed by atoms with Crippen LogP contribution in [0.3, 0.4) is 0 Å².